The zero-order valence-corrected chi connectivity index (χ0v) is 6.97. The Balaban J connectivity index is 2.48. The summed E-state index contributed by atoms with van der Waals surface area (Å²) in [6.07, 6.45) is 3.28. The largest absolute Gasteiger partial charge is 0.633 e. The van der Waals surface area contributed by atoms with Crippen molar-refractivity contribution in [3.63, 3.8) is 0 Å². The molecular weight excluding hydrogens is 126 g/mol. The molecule has 1 saturated heterocycles. The van der Waals surface area contributed by atoms with Crippen LogP contribution in [0.4, 0.5) is 0 Å². The maximum Gasteiger partial charge on any atom is 0.0861 e. The van der Waals surface area contributed by atoms with Crippen LogP contribution in [-0.4, -0.2) is 23.8 Å². The Hall–Kier alpha value is -0.0800. The predicted molar refractivity (Wildman–Crippen MR) is 42.3 cm³/mol. The molecule has 0 bridgehead atoms. The van der Waals surface area contributed by atoms with Crippen LogP contribution in [0.5, 0.6) is 0 Å². The van der Waals surface area contributed by atoms with Crippen molar-refractivity contribution < 1.29 is 4.65 Å². The molecule has 2 heteroatoms. The molecule has 0 aromatic rings. The smallest absolute Gasteiger partial charge is 0.0861 e. The van der Waals surface area contributed by atoms with Crippen LogP contribution < -0.4 is 0 Å². The second-order valence-corrected chi connectivity index (χ2v) is 3.39. The average molecular weight is 143 g/mol. The molecule has 60 valence electrons. The molecule has 0 aromatic heterocycles. The fourth-order valence-corrected chi connectivity index (χ4v) is 1.82. The summed E-state index contributed by atoms with van der Waals surface area (Å²) >= 11 is 0. The Morgan fingerprint density at radius 3 is 2.70 bits per heavy atom. The number of rotatable bonds is 2. The van der Waals surface area contributed by atoms with Gasteiger partial charge in [0.2, 0.25) is 0 Å². The molecule has 1 rings (SSSR count). The molecule has 0 aliphatic carbocycles. The SMILES string of the molecule is CCC[N+]1([O-])CCCC1C. The van der Waals surface area contributed by atoms with Gasteiger partial charge in [-0.05, 0) is 13.3 Å². The fourth-order valence-electron chi connectivity index (χ4n) is 1.82. The van der Waals surface area contributed by atoms with Crippen molar-refractivity contribution in [1.82, 2.24) is 0 Å². The van der Waals surface area contributed by atoms with E-state index in [-0.39, 0.29) is 4.65 Å². The van der Waals surface area contributed by atoms with Crippen LogP contribution in [0, 0.1) is 5.21 Å². The van der Waals surface area contributed by atoms with Crippen molar-refractivity contribution in [3.05, 3.63) is 5.21 Å². The molecule has 0 amide bonds. The molecule has 2 nitrogen and oxygen atoms in total. The number of quaternary nitrogens is 1. The first-order valence-electron chi connectivity index (χ1n) is 4.27. The molecule has 2 atom stereocenters. The van der Waals surface area contributed by atoms with Gasteiger partial charge in [0, 0.05) is 12.8 Å². The molecular formula is C8H17NO. The third kappa shape index (κ3) is 1.32. The van der Waals surface area contributed by atoms with Gasteiger partial charge >= 0.3 is 0 Å². The van der Waals surface area contributed by atoms with Gasteiger partial charge in [-0.15, -0.1) is 0 Å². The highest BCUT2D eigenvalue weighted by Crippen LogP contribution is 2.25. The van der Waals surface area contributed by atoms with Gasteiger partial charge < -0.3 is 9.85 Å². The van der Waals surface area contributed by atoms with Crippen LogP contribution in [-0.2, 0) is 0 Å². The van der Waals surface area contributed by atoms with Gasteiger partial charge in [-0.1, -0.05) is 6.92 Å². The van der Waals surface area contributed by atoms with Crippen LogP contribution in [0.15, 0.2) is 0 Å². The van der Waals surface area contributed by atoms with E-state index in [0.717, 1.165) is 32.4 Å². The summed E-state index contributed by atoms with van der Waals surface area (Å²) in [5.41, 5.74) is 0. The Labute approximate surface area is 63.0 Å². The summed E-state index contributed by atoms with van der Waals surface area (Å²) in [4.78, 5) is 0. The van der Waals surface area contributed by atoms with Crippen molar-refractivity contribution in [2.45, 2.75) is 39.2 Å². The first kappa shape index (κ1) is 8.02. The van der Waals surface area contributed by atoms with E-state index < -0.39 is 0 Å². The lowest BCUT2D eigenvalue weighted by Crippen LogP contribution is -2.45. The molecule has 2 unspecified atom stereocenters. The highest BCUT2D eigenvalue weighted by molar-refractivity contribution is 4.63. The maximum atomic E-state index is 11.8. The lowest BCUT2D eigenvalue weighted by Gasteiger charge is -2.42. The van der Waals surface area contributed by atoms with Crippen molar-refractivity contribution in [2.24, 2.45) is 0 Å². The lowest BCUT2D eigenvalue weighted by atomic mass is 10.2. The normalized spacial score (nSPS) is 40.5. The molecule has 1 aliphatic rings. The van der Waals surface area contributed by atoms with Gasteiger partial charge in [0.1, 0.15) is 0 Å². The van der Waals surface area contributed by atoms with Crippen LogP contribution in [0.2, 0.25) is 0 Å². The summed E-state index contributed by atoms with van der Waals surface area (Å²) in [5.74, 6) is 0. The number of hydrogen-bond donors (Lipinski definition) is 0. The summed E-state index contributed by atoms with van der Waals surface area (Å²) in [6, 6.07) is 0.361. The zero-order valence-electron chi connectivity index (χ0n) is 6.97. The first-order chi connectivity index (χ1) is 4.69. The molecule has 0 aromatic carbocycles. The van der Waals surface area contributed by atoms with Crippen LogP contribution in [0.25, 0.3) is 0 Å². The maximum absolute atomic E-state index is 11.8. The summed E-state index contributed by atoms with van der Waals surface area (Å²) in [7, 11) is 0. The zero-order chi connectivity index (χ0) is 7.61. The van der Waals surface area contributed by atoms with Gasteiger partial charge in [0.15, 0.2) is 0 Å². The number of hydroxylamine groups is 3. The van der Waals surface area contributed by atoms with E-state index in [1.54, 1.807) is 0 Å². The van der Waals surface area contributed by atoms with Gasteiger partial charge in [0.05, 0.1) is 19.1 Å². The second kappa shape index (κ2) is 2.89. The van der Waals surface area contributed by atoms with Crippen molar-refractivity contribution in [1.29, 1.82) is 0 Å². The minimum atomic E-state index is 0.0799. The number of likely N-dealkylation sites (tertiary alicyclic amines) is 1. The molecule has 1 heterocycles. The number of nitrogens with zero attached hydrogens (tertiary/aromatic N) is 1. The van der Waals surface area contributed by atoms with Crippen LogP contribution >= 0.6 is 0 Å². The second-order valence-electron chi connectivity index (χ2n) is 3.39. The van der Waals surface area contributed by atoms with E-state index in [1.165, 1.54) is 0 Å². The lowest BCUT2D eigenvalue weighted by molar-refractivity contribution is -0.890. The van der Waals surface area contributed by atoms with E-state index in [2.05, 4.69) is 13.8 Å². The third-order valence-corrected chi connectivity index (χ3v) is 2.56. The standard InChI is InChI=1S/C8H17NO/c1-3-6-9(10)7-4-5-8(9)2/h8H,3-7H2,1-2H3. The molecule has 0 radical (unpaired) electrons. The summed E-state index contributed by atoms with van der Waals surface area (Å²) in [6.45, 7) is 5.84. The fraction of sp³-hybridized carbons (Fsp3) is 1.00. The highest BCUT2D eigenvalue weighted by atomic mass is 16.5. The van der Waals surface area contributed by atoms with E-state index in [4.69, 9.17) is 0 Å². The molecule has 0 N–H and O–H groups in total. The van der Waals surface area contributed by atoms with Crippen molar-refractivity contribution in [2.75, 3.05) is 13.1 Å². The van der Waals surface area contributed by atoms with Crippen molar-refractivity contribution >= 4 is 0 Å². The van der Waals surface area contributed by atoms with Crippen molar-refractivity contribution in [3.8, 4) is 0 Å². The van der Waals surface area contributed by atoms with Crippen LogP contribution in [0.3, 0.4) is 0 Å². The highest BCUT2D eigenvalue weighted by Gasteiger charge is 2.29. The Morgan fingerprint density at radius 1 is 1.60 bits per heavy atom. The average Bonchev–Trinajstić information content (AvgIpc) is 2.15. The first-order valence-corrected chi connectivity index (χ1v) is 4.27. The molecule has 10 heavy (non-hydrogen) atoms. The van der Waals surface area contributed by atoms with E-state index in [1.807, 2.05) is 0 Å². The van der Waals surface area contributed by atoms with E-state index in [9.17, 15) is 5.21 Å². The molecule has 1 fully saturated rings. The van der Waals surface area contributed by atoms with Gasteiger partial charge in [-0.3, -0.25) is 0 Å². The third-order valence-electron chi connectivity index (χ3n) is 2.56. The summed E-state index contributed by atoms with van der Waals surface area (Å²) < 4.78 is 0.0799. The Kier molecular flexibility index (Phi) is 2.32. The van der Waals surface area contributed by atoms with E-state index >= 15 is 0 Å². The molecule has 1 aliphatic heterocycles. The minimum absolute atomic E-state index is 0.0799. The Morgan fingerprint density at radius 2 is 2.30 bits per heavy atom. The van der Waals surface area contributed by atoms with E-state index in [0.29, 0.717) is 6.04 Å². The minimum Gasteiger partial charge on any atom is -0.633 e. The molecule has 0 spiro atoms. The quantitative estimate of drug-likeness (QED) is 0.427. The molecule has 0 saturated carbocycles. The monoisotopic (exact) mass is 143 g/mol. The number of hydrogen-bond acceptors (Lipinski definition) is 1. The van der Waals surface area contributed by atoms with Gasteiger partial charge in [0.25, 0.3) is 0 Å². The summed E-state index contributed by atoms with van der Waals surface area (Å²) in [5, 5.41) is 11.8. The van der Waals surface area contributed by atoms with Gasteiger partial charge in [-0.2, -0.15) is 0 Å². The Bertz CT molecular complexity index is 116. The predicted octanol–water partition coefficient (Wildman–Crippen LogP) is 1.89. The van der Waals surface area contributed by atoms with Crippen LogP contribution in [0.1, 0.15) is 33.1 Å². The van der Waals surface area contributed by atoms with Gasteiger partial charge in [-0.25, -0.2) is 0 Å². The topological polar surface area (TPSA) is 23.1 Å².